The van der Waals surface area contributed by atoms with E-state index < -0.39 is 0 Å². The molecule has 75 heavy (non-hydrogen) atoms. The highest BCUT2D eigenvalue weighted by Gasteiger charge is 2.28. The highest BCUT2D eigenvalue weighted by Crippen LogP contribution is 2.42. The van der Waals surface area contributed by atoms with E-state index in [9.17, 15) is 0 Å². The van der Waals surface area contributed by atoms with E-state index in [1.54, 1.807) is 7.11 Å². The molecule has 2 N–H and O–H groups in total. The van der Waals surface area contributed by atoms with Crippen LogP contribution in [0.2, 0.25) is 5.02 Å². The standard InChI is InChI=1S/C22H27N3O2S.C19H21ClN4.C18H22N4S/c1-26-16-17-27-15-14-24-10-12-25(13-11-24)22-18-6-2-4-8-20(18)28-21-9-5-3-7-19(21)23-22;1-2-23-9-11-24(12-10-23)19-15-5-3-4-6-16(15)21-17-8-7-14(20)13-18(17)22-19;1-3-21-8-10-22(11-9-21)17-14-12-13(2)23-18(14)20-16-7-5-4-6-15(16)19-17/h2-9H,10-17H2,1H3;3-8,13,21H,2,9-12H2,1H3;4-7,12,20H,3,8-11H2,1-2H3. The highest BCUT2D eigenvalue weighted by molar-refractivity contribution is 7.99. The number of fused-ring (bicyclic) bond motifs is 6. The van der Waals surface area contributed by atoms with Crippen molar-refractivity contribution in [3.8, 4) is 0 Å². The molecule has 0 saturated carbocycles. The molecular weight excluding hydrogens is 994 g/mol. The maximum atomic E-state index is 6.20. The largest absolute Gasteiger partial charge is 0.382 e. The van der Waals surface area contributed by atoms with Gasteiger partial charge in [-0.1, -0.05) is 91.8 Å². The molecule has 6 aromatic rings. The van der Waals surface area contributed by atoms with Gasteiger partial charge >= 0.3 is 0 Å². The molecule has 0 atom stereocenters. The lowest BCUT2D eigenvalue weighted by molar-refractivity contribution is 0.0513. The predicted octanol–water partition coefficient (Wildman–Crippen LogP) is 11.5. The molecular formula is C59H70ClN11O2S2. The van der Waals surface area contributed by atoms with Crippen LogP contribution in [0.1, 0.15) is 35.4 Å². The molecule has 1 aromatic heterocycles. The number of piperazine rings is 3. The monoisotopic (exact) mass is 1060 g/mol. The number of nitrogens with one attached hydrogen (secondary N) is 2. The molecule has 6 aliphatic rings. The number of aryl methyl sites for hydroxylation is 1. The van der Waals surface area contributed by atoms with E-state index in [0.29, 0.717) is 18.2 Å². The van der Waals surface area contributed by atoms with E-state index in [2.05, 4.69) is 164 Å². The smallest absolute Gasteiger partial charge is 0.139 e. The Hall–Kier alpha value is -5.75. The summed E-state index contributed by atoms with van der Waals surface area (Å²) in [5.74, 6) is 3.26. The van der Waals surface area contributed by atoms with Crippen LogP contribution in [0.5, 0.6) is 0 Å². The molecule has 0 amide bonds. The van der Waals surface area contributed by atoms with E-state index in [1.807, 2.05) is 41.3 Å². The van der Waals surface area contributed by atoms with Crippen molar-refractivity contribution in [1.29, 1.82) is 0 Å². The first-order valence-corrected chi connectivity index (χ1v) is 28.6. The molecule has 0 bridgehead atoms. The summed E-state index contributed by atoms with van der Waals surface area (Å²) in [7, 11) is 1.70. The SMILES string of the molecule is CCN1CCN(C2=Nc3cc(Cl)ccc3Nc3ccccc32)CC1.CCN1CCN(C2=Nc3ccccc3Nc3sc(C)cc32)CC1.COCCOCCN1CCN(C2=Nc3ccccc3Sc3ccccc32)CC1. The van der Waals surface area contributed by atoms with Crippen molar-refractivity contribution in [3.05, 3.63) is 148 Å². The normalized spacial score (nSPS) is 17.3. The van der Waals surface area contributed by atoms with Crippen LogP contribution in [-0.2, 0) is 9.47 Å². The van der Waals surface area contributed by atoms with Crippen LogP contribution in [0, 0.1) is 6.92 Å². The zero-order valence-electron chi connectivity index (χ0n) is 43.8. The second-order valence-corrected chi connectivity index (χ2v) is 22.0. The average Bonchev–Trinajstić information content (AvgIpc) is 3.55. The first-order chi connectivity index (χ1) is 36.8. The van der Waals surface area contributed by atoms with Crippen LogP contribution in [-0.4, -0.2) is 172 Å². The number of aliphatic imine (C=N–C) groups is 3. The van der Waals surface area contributed by atoms with Crippen molar-refractivity contribution in [3.63, 3.8) is 0 Å². The number of rotatable bonds is 8. The first kappa shape index (κ1) is 52.7. The van der Waals surface area contributed by atoms with Crippen LogP contribution in [0.4, 0.5) is 39.1 Å². The van der Waals surface area contributed by atoms with Gasteiger partial charge in [0.15, 0.2) is 0 Å². The number of para-hydroxylation sites is 4. The van der Waals surface area contributed by atoms with Crippen molar-refractivity contribution in [2.24, 2.45) is 15.0 Å². The Morgan fingerprint density at radius 2 is 1.04 bits per heavy atom. The minimum atomic E-state index is 0.659. The molecule has 3 fully saturated rings. The minimum absolute atomic E-state index is 0.659. The lowest BCUT2D eigenvalue weighted by Gasteiger charge is -2.36. The van der Waals surface area contributed by atoms with Gasteiger partial charge in [0.2, 0.25) is 0 Å². The van der Waals surface area contributed by atoms with E-state index in [-0.39, 0.29) is 0 Å². The number of amidine groups is 3. The van der Waals surface area contributed by atoms with Gasteiger partial charge in [-0.3, -0.25) is 4.90 Å². The Morgan fingerprint density at radius 1 is 0.507 bits per heavy atom. The molecule has 392 valence electrons. The summed E-state index contributed by atoms with van der Waals surface area (Å²) >= 11 is 9.82. The summed E-state index contributed by atoms with van der Waals surface area (Å²) in [6, 6.07) is 41.8. The van der Waals surface area contributed by atoms with E-state index >= 15 is 0 Å². The Labute approximate surface area is 456 Å². The number of hydrogen-bond donors (Lipinski definition) is 2. The van der Waals surface area contributed by atoms with Crippen molar-refractivity contribution in [1.82, 2.24) is 29.4 Å². The second-order valence-electron chi connectivity index (χ2n) is 19.2. The number of thiophene rings is 1. The average molecular weight is 1060 g/mol. The number of methoxy groups -OCH3 is 1. The number of benzene rings is 5. The maximum absolute atomic E-state index is 6.20. The van der Waals surface area contributed by atoms with Gasteiger partial charge in [-0.15, -0.1) is 11.3 Å². The van der Waals surface area contributed by atoms with Gasteiger partial charge in [-0.25, -0.2) is 15.0 Å². The summed E-state index contributed by atoms with van der Waals surface area (Å²) in [6.45, 7) is 24.4. The number of hydrogen-bond acceptors (Lipinski definition) is 15. The highest BCUT2D eigenvalue weighted by atomic mass is 35.5. The fraction of sp³-hybridized carbons (Fsp3) is 0.373. The topological polar surface area (TPSA) is 99.0 Å². The second kappa shape index (κ2) is 25.4. The van der Waals surface area contributed by atoms with E-state index in [4.69, 9.17) is 36.1 Å². The van der Waals surface area contributed by atoms with Gasteiger partial charge in [0.25, 0.3) is 0 Å². The summed E-state index contributed by atoms with van der Waals surface area (Å²) in [6.07, 6.45) is 0. The van der Waals surface area contributed by atoms with Crippen LogP contribution in [0.25, 0.3) is 0 Å². The lowest BCUT2D eigenvalue weighted by atomic mass is 10.1. The van der Waals surface area contributed by atoms with Gasteiger partial charge in [0.05, 0.1) is 53.8 Å². The molecule has 0 radical (unpaired) electrons. The van der Waals surface area contributed by atoms with Crippen LogP contribution < -0.4 is 10.6 Å². The van der Waals surface area contributed by atoms with Crippen molar-refractivity contribution in [2.45, 2.75) is 30.6 Å². The number of ether oxygens (including phenoxy) is 2. The molecule has 0 unspecified atom stereocenters. The molecule has 5 aromatic carbocycles. The Morgan fingerprint density at radius 3 is 1.72 bits per heavy atom. The Balaban J connectivity index is 0.000000129. The number of anilines is 4. The van der Waals surface area contributed by atoms with Gasteiger partial charge in [0, 0.05) is 129 Å². The Bertz CT molecular complexity index is 2980. The molecule has 7 heterocycles. The quantitative estimate of drug-likeness (QED) is 0.143. The summed E-state index contributed by atoms with van der Waals surface area (Å²) < 4.78 is 10.6. The van der Waals surface area contributed by atoms with Crippen molar-refractivity contribution < 1.29 is 9.47 Å². The van der Waals surface area contributed by atoms with Crippen molar-refractivity contribution >= 4 is 91.3 Å². The van der Waals surface area contributed by atoms with E-state index in [0.717, 1.165) is 162 Å². The third-order valence-electron chi connectivity index (χ3n) is 14.4. The summed E-state index contributed by atoms with van der Waals surface area (Å²) in [5, 5.41) is 9.01. The van der Waals surface area contributed by atoms with E-state index in [1.165, 1.54) is 30.8 Å². The molecule has 0 spiro atoms. The molecule has 12 rings (SSSR count). The molecule has 3 saturated heterocycles. The molecule has 6 aliphatic heterocycles. The van der Waals surface area contributed by atoms with Gasteiger partial charge in [-0.05, 0) is 86.7 Å². The zero-order valence-corrected chi connectivity index (χ0v) is 46.2. The van der Waals surface area contributed by atoms with Gasteiger partial charge in [-0.2, -0.15) is 0 Å². The van der Waals surface area contributed by atoms with Crippen LogP contribution in [0.3, 0.4) is 0 Å². The lowest BCUT2D eigenvalue weighted by Crippen LogP contribution is -2.49. The fourth-order valence-electron chi connectivity index (χ4n) is 10.1. The third kappa shape index (κ3) is 12.9. The summed E-state index contributed by atoms with van der Waals surface area (Å²) in [5.41, 5.74) is 9.80. The maximum Gasteiger partial charge on any atom is 0.139 e. The summed E-state index contributed by atoms with van der Waals surface area (Å²) in [4.78, 5) is 33.7. The Kier molecular flexibility index (Phi) is 17.8. The van der Waals surface area contributed by atoms with Crippen LogP contribution in [0.15, 0.2) is 146 Å². The first-order valence-electron chi connectivity index (χ1n) is 26.6. The number of halogens is 1. The number of likely N-dealkylation sites (N-methyl/N-ethyl adjacent to an activating group) is 2. The minimum Gasteiger partial charge on any atom is -0.382 e. The predicted molar refractivity (Wildman–Crippen MR) is 314 cm³/mol. The molecule has 16 heteroatoms. The third-order valence-corrected chi connectivity index (χ3v) is 16.8. The van der Waals surface area contributed by atoms with Gasteiger partial charge in [0.1, 0.15) is 22.5 Å². The van der Waals surface area contributed by atoms with Crippen LogP contribution >= 0.6 is 34.7 Å². The number of nitrogens with zero attached hydrogens (tertiary/aromatic N) is 9. The van der Waals surface area contributed by atoms with Gasteiger partial charge < -0.3 is 44.6 Å². The van der Waals surface area contributed by atoms with Crippen molar-refractivity contribution in [2.75, 3.05) is 136 Å². The fourth-order valence-corrected chi connectivity index (χ4v) is 12.2. The molecule has 13 nitrogen and oxygen atoms in total. The molecule has 0 aliphatic carbocycles. The zero-order chi connectivity index (χ0) is 51.5.